The van der Waals surface area contributed by atoms with Gasteiger partial charge in [0.1, 0.15) is 5.69 Å². The van der Waals surface area contributed by atoms with Crippen molar-refractivity contribution in [3.05, 3.63) is 71.4 Å². The summed E-state index contributed by atoms with van der Waals surface area (Å²) in [5.74, 6) is 0. The van der Waals surface area contributed by atoms with Crippen molar-refractivity contribution in [2.24, 2.45) is 10.2 Å². The van der Waals surface area contributed by atoms with E-state index in [1.54, 1.807) is 6.20 Å². The number of azo groups is 1. The molecular weight excluding hydrogens is 282 g/mol. The molecule has 1 aromatic heterocycles. The first-order valence-corrected chi connectivity index (χ1v) is 7.12. The maximum atomic E-state index is 5.89. The highest BCUT2D eigenvalue weighted by atomic mass is 35.5. The number of pyridine rings is 1. The zero-order valence-corrected chi connectivity index (χ0v) is 12.3. The number of rotatable bonds is 3. The first-order chi connectivity index (χ1) is 10.2. The smallest absolute Gasteiger partial charge is 0.111 e. The minimum Gasteiger partial charge on any atom is -0.254 e. The molecule has 0 aliphatic rings. The van der Waals surface area contributed by atoms with Gasteiger partial charge in [0.25, 0.3) is 0 Å². The minimum atomic E-state index is -0.0266. The second-order valence-corrected chi connectivity index (χ2v) is 5.23. The normalized spacial score (nSPS) is 12.9. The van der Waals surface area contributed by atoms with E-state index >= 15 is 0 Å². The molecule has 4 heteroatoms. The molecule has 0 aliphatic carbocycles. The van der Waals surface area contributed by atoms with Crippen LogP contribution in [0.1, 0.15) is 18.5 Å². The van der Waals surface area contributed by atoms with Gasteiger partial charge >= 0.3 is 0 Å². The van der Waals surface area contributed by atoms with Crippen molar-refractivity contribution in [3.8, 4) is 0 Å². The van der Waals surface area contributed by atoms with E-state index in [4.69, 9.17) is 11.6 Å². The lowest BCUT2D eigenvalue weighted by Gasteiger charge is -2.05. The summed E-state index contributed by atoms with van der Waals surface area (Å²) in [5, 5.41) is 10.5. The van der Waals surface area contributed by atoms with E-state index in [2.05, 4.69) is 15.2 Å². The lowest BCUT2D eigenvalue weighted by Crippen LogP contribution is -1.87. The van der Waals surface area contributed by atoms with Gasteiger partial charge in [-0.1, -0.05) is 41.9 Å². The number of halogens is 1. The summed E-state index contributed by atoms with van der Waals surface area (Å²) in [6.07, 6.45) is 1.77. The summed E-state index contributed by atoms with van der Waals surface area (Å²) in [7, 11) is 0. The third-order valence-corrected chi connectivity index (χ3v) is 3.55. The van der Waals surface area contributed by atoms with Crippen molar-refractivity contribution in [2.75, 3.05) is 0 Å². The van der Waals surface area contributed by atoms with Gasteiger partial charge in [0.15, 0.2) is 0 Å². The predicted molar refractivity (Wildman–Crippen MR) is 86.1 cm³/mol. The maximum absolute atomic E-state index is 5.89. The van der Waals surface area contributed by atoms with Gasteiger partial charge in [-0.15, -0.1) is 0 Å². The van der Waals surface area contributed by atoms with Crippen LogP contribution in [0.5, 0.6) is 0 Å². The number of hydrogen-bond acceptors (Lipinski definition) is 3. The van der Waals surface area contributed by atoms with Gasteiger partial charge < -0.3 is 0 Å². The summed E-state index contributed by atoms with van der Waals surface area (Å²) in [5.41, 5.74) is 2.73. The van der Waals surface area contributed by atoms with Crippen LogP contribution in [0.15, 0.2) is 71.0 Å². The van der Waals surface area contributed by atoms with Crippen molar-refractivity contribution in [2.45, 2.75) is 13.0 Å². The molecule has 0 saturated heterocycles. The fourth-order valence-electron chi connectivity index (χ4n) is 2.13. The molecule has 0 fully saturated rings. The molecule has 3 aromatic rings. The van der Waals surface area contributed by atoms with Crippen LogP contribution < -0.4 is 0 Å². The fraction of sp³-hybridized carbons (Fsp3) is 0.118. The largest absolute Gasteiger partial charge is 0.254 e. The van der Waals surface area contributed by atoms with Crippen LogP contribution in [0, 0.1) is 0 Å². The van der Waals surface area contributed by atoms with E-state index < -0.39 is 0 Å². The SMILES string of the molecule is CC(N=Nc1cccc2cccnc12)c1ccc(Cl)cc1. The van der Waals surface area contributed by atoms with Gasteiger partial charge in [0.05, 0.1) is 11.6 Å². The van der Waals surface area contributed by atoms with E-state index in [1.807, 2.05) is 61.5 Å². The Bertz CT molecular complexity index is 776. The Labute approximate surface area is 128 Å². The predicted octanol–water partition coefficient (Wildman–Crippen LogP) is 5.73. The van der Waals surface area contributed by atoms with Gasteiger partial charge in [0.2, 0.25) is 0 Å². The van der Waals surface area contributed by atoms with Crippen molar-refractivity contribution in [1.29, 1.82) is 0 Å². The van der Waals surface area contributed by atoms with Crippen LogP contribution in [-0.2, 0) is 0 Å². The van der Waals surface area contributed by atoms with Crippen LogP contribution in [0.3, 0.4) is 0 Å². The fourth-order valence-corrected chi connectivity index (χ4v) is 2.25. The molecule has 1 unspecified atom stereocenters. The first kappa shape index (κ1) is 13.7. The van der Waals surface area contributed by atoms with Gasteiger partial charge in [-0.3, -0.25) is 4.98 Å². The van der Waals surface area contributed by atoms with Crippen LogP contribution in [0.2, 0.25) is 5.02 Å². The Balaban J connectivity index is 1.89. The van der Waals surface area contributed by atoms with Crippen LogP contribution in [-0.4, -0.2) is 4.98 Å². The first-order valence-electron chi connectivity index (χ1n) is 6.74. The standard InChI is InChI=1S/C17H14ClN3/c1-12(13-7-9-15(18)10-8-13)20-21-16-6-2-4-14-5-3-11-19-17(14)16/h2-12H,1H3. The van der Waals surface area contributed by atoms with E-state index in [1.165, 1.54) is 0 Å². The highest BCUT2D eigenvalue weighted by Gasteiger charge is 2.04. The number of fused-ring (bicyclic) bond motifs is 1. The average molecular weight is 296 g/mol. The van der Waals surface area contributed by atoms with Gasteiger partial charge in [-0.05, 0) is 36.8 Å². The monoisotopic (exact) mass is 295 g/mol. The molecule has 0 radical (unpaired) electrons. The second kappa shape index (κ2) is 6.02. The highest BCUT2D eigenvalue weighted by Crippen LogP contribution is 2.26. The van der Waals surface area contributed by atoms with E-state index in [0.29, 0.717) is 0 Å². The zero-order chi connectivity index (χ0) is 14.7. The lowest BCUT2D eigenvalue weighted by atomic mass is 10.1. The quantitative estimate of drug-likeness (QED) is 0.568. The zero-order valence-electron chi connectivity index (χ0n) is 11.6. The molecule has 104 valence electrons. The van der Waals surface area contributed by atoms with Gasteiger partial charge in [-0.2, -0.15) is 10.2 Å². The number of para-hydroxylation sites is 1. The molecule has 0 bridgehead atoms. The topological polar surface area (TPSA) is 37.6 Å². The van der Waals surface area contributed by atoms with Gasteiger partial charge in [-0.25, -0.2) is 0 Å². The van der Waals surface area contributed by atoms with Crippen LogP contribution in [0.25, 0.3) is 10.9 Å². The molecule has 21 heavy (non-hydrogen) atoms. The molecule has 0 N–H and O–H groups in total. The summed E-state index contributed by atoms with van der Waals surface area (Å²) < 4.78 is 0. The molecule has 0 spiro atoms. The number of aromatic nitrogens is 1. The molecule has 0 saturated carbocycles. The summed E-state index contributed by atoms with van der Waals surface area (Å²) in [6, 6.07) is 17.5. The Morgan fingerprint density at radius 1 is 1.00 bits per heavy atom. The average Bonchev–Trinajstić information content (AvgIpc) is 2.53. The Morgan fingerprint density at radius 2 is 1.76 bits per heavy atom. The van der Waals surface area contributed by atoms with E-state index in [-0.39, 0.29) is 6.04 Å². The Hall–Kier alpha value is -2.26. The van der Waals surface area contributed by atoms with E-state index in [9.17, 15) is 0 Å². The molecule has 1 heterocycles. The molecule has 0 aliphatic heterocycles. The molecule has 0 amide bonds. The summed E-state index contributed by atoms with van der Waals surface area (Å²) in [4.78, 5) is 4.37. The van der Waals surface area contributed by atoms with Crippen molar-refractivity contribution >= 4 is 28.2 Å². The summed E-state index contributed by atoms with van der Waals surface area (Å²) in [6.45, 7) is 2.01. The van der Waals surface area contributed by atoms with Crippen LogP contribution in [0.4, 0.5) is 5.69 Å². The molecule has 1 atom stereocenters. The van der Waals surface area contributed by atoms with Gasteiger partial charge in [0, 0.05) is 16.6 Å². The van der Waals surface area contributed by atoms with Crippen LogP contribution >= 0.6 is 11.6 Å². The van der Waals surface area contributed by atoms with Crippen molar-refractivity contribution < 1.29 is 0 Å². The molecule has 3 nitrogen and oxygen atoms in total. The maximum Gasteiger partial charge on any atom is 0.111 e. The minimum absolute atomic E-state index is 0.0266. The number of benzene rings is 2. The van der Waals surface area contributed by atoms with Crippen molar-refractivity contribution in [1.82, 2.24) is 4.98 Å². The molecule has 2 aromatic carbocycles. The Kier molecular flexibility index (Phi) is 3.93. The third-order valence-electron chi connectivity index (χ3n) is 3.30. The van der Waals surface area contributed by atoms with Crippen molar-refractivity contribution in [3.63, 3.8) is 0 Å². The Morgan fingerprint density at radius 3 is 2.57 bits per heavy atom. The third kappa shape index (κ3) is 3.09. The second-order valence-electron chi connectivity index (χ2n) is 4.80. The molecular formula is C17H14ClN3. The lowest BCUT2D eigenvalue weighted by molar-refractivity contribution is 0.764. The highest BCUT2D eigenvalue weighted by molar-refractivity contribution is 6.30. The number of hydrogen-bond donors (Lipinski definition) is 0. The van der Waals surface area contributed by atoms with E-state index in [0.717, 1.165) is 27.2 Å². The summed E-state index contributed by atoms with van der Waals surface area (Å²) >= 11 is 5.89. The number of nitrogens with zero attached hydrogens (tertiary/aromatic N) is 3. The molecule has 3 rings (SSSR count).